The third-order valence-electron chi connectivity index (χ3n) is 4.52. The number of hydrogen-bond acceptors (Lipinski definition) is 6. The van der Waals surface area contributed by atoms with Crippen molar-refractivity contribution >= 4 is 61.3 Å². The van der Waals surface area contributed by atoms with Crippen LogP contribution in [-0.2, 0) is 10.0 Å². The Morgan fingerprint density at radius 1 is 0.939 bits per heavy atom. The number of rotatable bonds is 6. The first-order chi connectivity index (χ1) is 15.7. The van der Waals surface area contributed by atoms with E-state index in [0.717, 1.165) is 11.1 Å². The van der Waals surface area contributed by atoms with E-state index in [0.29, 0.717) is 15.7 Å². The van der Waals surface area contributed by atoms with Crippen molar-refractivity contribution in [1.82, 2.24) is 10.2 Å². The molecule has 0 saturated carbocycles. The lowest BCUT2D eigenvalue weighted by atomic mass is 10.2. The number of halogens is 2. The van der Waals surface area contributed by atoms with E-state index in [-0.39, 0.29) is 20.6 Å². The molecule has 0 bridgehead atoms. The van der Waals surface area contributed by atoms with Gasteiger partial charge in [-0.15, -0.1) is 10.2 Å². The molecule has 0 spiro atoms. The van der Waals surface area contributed by atoms with E-state index in [9.17, 15) is 13.2 Å². The number of anilines is 2. The zero-order valence-electron chi connectivity index (χ0n) is 17.0. The van der Waals surface area contributed by atoms with Crippen LogP contribution in [0, 0.1) is 6.92 Å². The number of benzene rings is 3. The number of amides is 1. The van der Waals surface area contributed by atoms with Crippen molar-refractivity contribution in [2.75, 3.05) is 10.0 Å². The SMILES string of the molecule is Cc1ccc(NS(=O)(=O)c2cc(C(=O)Nc3nnc(-c4ccc(Cl)cc4)s3)ccc2Cl)cc1. The summed E-state index contributed by atoms with van der Waals surface area (Å²) >= 11 is 13.2. The van der Waals surface area contributed by atoms with Gasteiger partial charge in [0.15, 0.2) is 0 Å². The number of aryl methyl sites for hydroxylation is 1. The predicted octanol–water partition coefficient (Wildman–Crippen LogP) is 5.87. The molecule has 1 amide bonds. The van der Waals surface area contributed by atoms with E-state index >= 15 is 0 Å². The van der Waals surface area contributed by atoms with Crippen LogP contribution in [0.15, 0.2) is 71.6 Å². The lowest BCUT2D eigenvalue weighted by Crippen LogP contribution is -2.16. The van der Waals surface area contributed by atoms with Gasteiger partial charge in [0.1, 0.15) is 9.90 Å². The number of carbonyl (C=O) groups excluding carboxylic acids is 1. The minimum atomic E-state index is -4.02. The van der Waals surface area contributed by atoms with E-state index in [2.05, 4.69) is 20.2 Å². The summed E-state index contributed by atoms with van der Waals surface area (Å²) in [4.78, 5) is 12.5. The number of hydrogen-bond donors (Lipinski definition) is 2. The van der Waals surface area contributed by atoms with Gasteiger partial charge in [-0.1, -0.05) is 64.4 Å². The highest BCUT2D eigenvalue weighted by molar-refractivity contribution is 7.92. The van der Waals surface area contributed by atoms with Gasteiger partial charge in [0.05, 0.1) is 5.02 Å². The maximum atomic E-state index is 12.9. The second-order valence-electron chi connectivity index (χ2n) is 6.99. The van der Waals surface area contributed by atoms with Gasteiger partial charge in [0.25, 0.3) is 15.9 Å². The Hall–Kier alpha value is -2.98. The quantitative estimate of drug-likeness (QED) is 0.332. The Balaban J connectivity index is 1.54. The molecule has 4 rings (SSSR count). The van der Waals surface area contributed by atoms with Crippen LogP contribution in [0.4, 0.5) is 10.8 Å². The molecule has 0 unspecified atom stereocenters. The normalized spacial score (nSPS) is 11.2. The average molecular weight is 519 g/mol. The van der Waals surface area contributed by atoms with Crippen LogP contribution in [0.3, 0.4) is 0 Å². The van der Waals surface area contributed by atoms with E-state index in [1.54, 1.807) is 48.5 Å². The molecule has 168 valence electrons. The Kier molecular flexibility index (Phi) is 6.66. The summed E-state index contributed by atoms with van der Waals surface area (Å²) in [5.74, 6) is -0.544. The first-order valence-electron chi connectivity index (χ1n) is 9.51. The van der Waals surface area contributed by atoms with Crippen molar-refractivity contribution < 1.29 is 13.2 Å². The van der Waals surface area contributed by atoms with Gasteiger partial charge < -0.3 is 0 Å². The largest absolute Gasteiger partial charge is 0.296 e. The molecule has 2 N–H and O–H groups in total. The Morgan fingerprint density at radius 3 is 2.33 bits per heavy atom. The van der Waals surface area contributed by atoms with E-state index in [1.165, 1.54) is 29.5 Å². The van der Waals surface area contributed by atoms with Crippen LogP contribution in [0.1, 0.15) is 15.9 Å². The first-order valence-corrected chi connectivity index (χ1v) is 12.6. The molecular weight excluding hydrogens is 503 g/mol. The second-order valence-corrected chi connectivity index (χ2v) is 10.5. The zero-order chi connectivity index (χ0) is 23.6. The lowest BCUT2D eigenvalue weighted by Gasteiger charge is -2.11. The predicted molar refractivity (Wildman–Crippen MR) is 132 cm³/mol. The molecule has 1 aromatic heterocycles. The van der Waals surface area contributed by atoms with Gasteiger partial charge in [-0.2, -0.15) is 0 Å². The van der Waals surface area contributed by atoms with Crippen LogP contribution in [0.2, 0.25) is 10.0 Å². The Bertz CT molecular complexity index is 1420. The maximum absolute atomic E-state index is 12.9. The van der Waals surface area contributed by atoms with Crippen LogP contribution in [0.25, 0.3) is 10.6 Å². The van der Waals surface area contributed by atoms with E-state index in [1.807, 2.05) is 6.92 Å². The molecule has 0 aliphatic rings. The van der Waals surface area contributed by atoms with Crippen LogP contribution in [-0.4, -0.2) is 24.5 Å². The van der Waals surface area contributed by atoms with E-state index in [4.69, 9.17) is 23.2 Å². The molecule has 7 nitrogen and oxygen atoms in total. The van der Waals surface area contributed by atoms with Gasteiger partial charge >= 0.3 is 0 Å². The highest BCUT2D eigenvalue weighted by Gasteiger charge is 2.21. The first kappa shape index (κ1) is 23.2. The number of nitrogens with one attached hydrogen (secondary N) is 2. The van der Waals surface area contributed by atoms with Crippen molar-refractivity contribution in [2.45, 2.75) is 11.8 Å². The number of nitrogens with zero attached hydrogens (tertiary/aromatic N) is 2. The topological polar surface area (TPSA) is 101 Å². The fourth-order valence-electron chi connectivity index (χ4n) is 2.83. The van der Waals surface area contributed by atoms with Crippen LogP contribution < -0.4 is 10.0 Å². The molecule has 1 heterocycles. The summed E-state index contributed by atoms with van der Waals surface area (Å²) in [7, 11) is -4.02. The van der Waals surface area contributed by atoms with Gasteiger partial charge in [-0.05, 0) is 49.4 Å². The molecule has 3 aromatic carbocycles. The molecule has 0 fully saturated rings. The highest BCUT2D eigenvalue weighted by atomic mass is 35.5. The molecule has 0 atom stereocenters. The summed E-state index contributed by atoms with van der Waals surface area (Å²) in [6.07, 6.45) is 0. The van der Waals surface area contributed by atoms with Crippen LogP contribution in [0.5, 0.6) is 0 Å². The summed E-state index contributed by atoms with van der Waals surface area (Å²) < 4.78 is 28.2. The minimum absolute atomic E-state index is 0.00731. The fourth-order valence-corrected chi connectivity index (χ4v) is 5.29. The van der Waals surface area contributed by atoms with E-state index < -0.39 is 15.9 Å². The van der Waals surface area contributed by atoms with Crippen molar-refractivity contribution in [1.29, 1.82) is 0 Å². The van der Waals surface area contributed by atoms with Crippen LogP contribution >= 0.6 is 34.5 Å². The summed E-state index contributed by atoms with van der Waals surface area (Å²) in [5, 5.41) is 12.1. The van der Waals surface area contributed by atoms with Gasteiger partial charge in [0, 0.05) is 21.8 Å². The Morgan fingerprint density at radius 2 is 1.64 bits per heavy atom. The third kappa shape index (κ3) is 5.51. The minimum Gasteiger partial charge on any atom is -0.296 e. The molecule has 0 aliphatic heterocycles. The Labute approximate surface area is 204 Å². The summed E-state index contributed by atoms with van der Waals surface area (Å²) in [6, 6.07) is 17.9. The monoisotopic (exact) mass is 518 g/mol. The lowest BCUT2D eigenvalue weighted by molar-refractivity contribution is 0.102. The van der Waals surface area contributed by atoms with Crippen molar-refractivity contribution in [3.05, 3.63) is 87.9 Å². The molecule has 0 saturated heterocycles. The van der Waals surface area contributed by atoms with Gasteiger partial charge in [0.2, 0.25) is 5.13 Å². The number of sulfonamides is 1. The fraction of sp³-hybridized carbons (Fsp3) is 0.0455. The summed E-state index contributed by atoms with van der Waals surface area (Å²) in [5.41, 5.74) is 2.28. The van der Waals surface area contributed by atoms with Crippen molar-refractivity contribution in [2.24, 2.45) is 0 Å². The second kappa shape index (κ2) is 9.48. The molecular formula is C22H16Cl2N4O3S2. The standard InChI is InChI=1S/C22H16Cl2N4O3S2/c1-13-2-9-17(10-3-13)28-33(30,31)19-12-15(6-11-18(19)24)20(29)25-22-27-26-21(32-22)14-4-7-16(23)8-5-14/h2-12,28H,1H3,(H,25,27,29). The smallest absolute Gasteiger partial charge is 0.263 e. The number of aromatic nitrogens is 2. The molecule has 0 radical (unpaired) electrons. The van der Waals surface area contributed by atoms with Gasteiger partial charge in [-0.25, -0.2) is 8.42 Å². The molecule has 33 heavy (non-hydrogen) atoms. The molecule has 0 aliphatic carbocycles. The summed E-state index contributed by atoms with van der Waals surface area (Å²) in [6.45, 7) is 1.90. The number of carbonyl (C=O) groups is 1. The zero-order valence-corrected chi connectivity index (χ0v) is 20.2. The van der Waals surface area contributed by atoms with Gasteiger partial charge in [-0.3, -0.25) is 14.8 Å². The van der Waals surface area contributed by atoms with Crippen molar-refractivity contribution in [3.63, 3.8) is 0 Å². The maximum Gasteiger partial charge on any atom is 0.263 e. The third-order valence-corrected chi connectivity index (χ3v) is 7.53. The molecule has 11 heteroatoms. The molecule has 4 aromatic rings. The highest BCUT2D eigenvalue weighted by Crippen LogP contribution is 2.29. The average Bonchev–Trinajstić information content (AvgIpc) is 3.24. The van der Waals surface area contributed by atoms with Crippen molar-refractivity contribution in [3.8, 4) is 10.6 Å².